The number of rotatable bonds is 4. The summed E-state index contributed by atoms with van der Waals surface area (Å²) in [6.45, 7) is 8.90. The topological polar surface area (TPSA) is 0 Å². The molecule has 0 aromatic carbocycles. The van der Waals surface area contributed by atoms with Crippen molar-refractivity contribution in [2.45, 2.75) is 26.2 Å². The molecule has 2 heteroatoms. The predicted octanol–water partition coefficient (Wildman–Crippen LogP) is 3.77. The first-order valence-electron chi connectivity index (χ1n) is 4.03. The monoisotopic (exact) mass is 182 g/mol. The first-order chi connectivity index (χ1) is 4.31. The van der Waals surface area contributed by atoms with E-state index in [1.165, 1.54) is 25.4 Å². The summed E-state index contributed by atoms with van der Waals surface area (Å²) in [5, 5.41) is 0. The van der Waals surface area contributed by atoms with Crippen molar-refractivity contribution < 1.29 is 0 Å². The Bertz CT molecular complexity index is 92.3. The Kier molecular flexibility index (Phi) is 3.66. The van der Waals surface area contributed by atoms with E-state index >= 15 is 0 Å². The van der Waals surface area contributed by atoms with E-state index in [0.717, 1.165) is 0 Å². The number of hydrogen-bond donors (Lipinski definition) is 0. The van der Waals surface area contributed by atoms with Crippen LogP contribution in [0.15, 0.2) is 0 Å². The van der Waals surface area contributed by atoms with Crippen LogP contribution in [0.25, 0.3) is 0 Å². The molecule has 0 aliphatic heterocycles. The van der Waals surface area contributed by atoms with E-state index in [1.54, 1.807) is 0 Å². The van der Waals surface area contributed by atoms with Crippen molar-refractivity contribution in [2.24, 2.45) is 0 Å². The summed E-state index contributed by atoms with van der Waals surface area (Å²) < 4.78 is 0. The molecule has 0 spiro atoms. The van der Waals surface area contributed by atoms with Crippen molar-refractivity contribution >= 4 is 17.2 Å². The molecule has 10 heavy (non-hydrogen) atoms. The van der Waals surface area contributed by atoms with Crippen molar-refractivity contribution in [3.63, 3.8) is 0 Å². The molecule has 0 aromatic rings. The molecule has 64 valence electrons. The fourth-order valence-corrected chi connectivity index (χ4v) is 2.55. The standard InChI is InChI=1S/C8H20ClP/c1-5-6-7-8-10(2,3,4)9/h5-8H2,1-4H3. The molecule has 0 rings (SSSR count). The molecular weight excluding hydrogens is 163 g/mol. The summed E-state index contributed by atoms with van der Waals surface area (Å²) in [6.07, 6.45) is 5.17. The second-order valence-electron chi connectivity index (χ2n) is 4.35. The van der Waals surface area contributed by atoms with E-state index in [9.17, 15) is 0 Å². The van der Waals surface area contributed by atoms with Gasteiger partial charge in [-0.3, -0.25) is 0 Å². The zero-order valence-corrected chi connectivity index (χ0v) is 9.30. The minimum atomic E-state index is -1.67. The van der Waals surface area contributed by atoms with E-state index in [2.05, 4.69) is 26.9 Å². The Balaban J connectivity index is 3.49. The van der Waals surface area contributed by atoms with Crippen LogP contribution in [-0.4, -0.2) is 26.2 Å². The summed E-state index contributed by atoms with van der Waals surface area (Å²) >= 11 is 6.35. The molecule has 0 saturated carbocycles. The average molecular weight is 183 g/mol. The Morgan fingerprint density at radius 3 is 1.90 bits per heavy atom. The Morgan fingerprint density at radius 2 is 1.60 bits per heavy atom. The maximum absolute atomic E-state index is 6.35. The Labute approximate surface area is 70.1 Å². The molecule has 0 atom stereocenters. The van der Waals surface area contributed by atoms with Crippen molar-refractivity contribution in [2.75, 3.05) is 26.2 Å². The van der Waals surface area contributed by atoms with Crippen molar-refractivity contribution in [3.05, 3.63) is 0 Å². The van der Waals surface area contributed by atoms with Crippen molar-refractivity contribution in [1.29, 1.82) is 0 Å². The normalized spacial score (nSPS) is 16.3. The van der Waals surface area contributed by atoms with Gasteiger partial charge in [0.15, 0.2) is 0 Å². The van der Waals surface area contributed by atoms with Gasteiger partial charge in [0, 0.05) is 0 Å². The molecule has 0 nitrogen and oxygen atoms in total. The molecule has 0 aliphatic carbocycles. The van der Waals surface area contributed by atoms with Crippen molar-refractivity contribution in [1.82, 2.24) is 0 Å². The second-order valence-corrected chi connectivity index (χ2v) is 14.4. The summed E-state index contributed by atoms with van der Waals surface area (Å²) in [5.74, 6) is -1.67. The van der Waals surface area contributed by atoms with Gasteiger partial charge in [-0.2, -0.15) is 0 Å². The summed E-state index contributed by atoms with van der Waals surface area (Å²) in [6, 6.07) is 0. The van der Waals surface area contributed by atoms with Gasteiger partial charge in [-0.05, 0) is 0 Å². The third kappa shape index (κ3) is 8.72. The van der Waals surface area contributed by atoms with E-state index in [1.807, 2.05) is 0 Å². The Morgan fingerprint density at radius 1 is 1.10 bits per heavy atom. The van der Waals surface area contributed by atoms with Crippen LogP contribution in [0.3, 0.4) is 0 Å². The summed E-state index contributed by atoms with van der Waals surface area (Å²) in [5.41, 5.74) is 0. The molecule has 0 fully saturated rings. The summed E-state index contributed by atoms with van der Waals surface area (Å²) in [7, 11) is 0. The average Bonchev–Trinajstić information content (AvgIpc) is 1.61. The van der Waals surface area contributed by atoms with Crippen LogP contribution in [-0.2, 0) is 0 Å². The molecule has 0 heterocycles. The van der Waals surface area contributed by atoms with Crippen LogP contribution in [0, 0.1) is 0 Å². The maximum atomic E-state index is 6.35. The second kappa shape index (κ2) is 3.41. The molecule has 0 amide bonds. The van der Waals surface area contributed by atoms with Crippen LogP contribution < -0.4 is 0 Å². The molecule has 0 saturated heterocycles. The SMILES string of the molecule is CCCCCP(C)(C)(C)Cl. The first-order valence-corrected chi connectivity index (χ1v) is 8.70. The van der Waals surface area contributed by atoms with E-state index < -0.39 is 5.96 Å². The zero-order valence-electron chi connectivity index (χ0n) is 7.65. The molecule has 0 N–H and O–H groups in total. The van der Waals surface area contributed by atoms with Gasteiger partial charge in [0.1, 0.15) is 0 Å². The van der Waals surface area contributed by atoms with Gasteiger partial charge < -0.3 is 0 Å². The first kappa shape index (κ1) is 10.7. The van der Waals surface area contributed by atoms with E-state index in [0.29, 0.717) is 0 Å². The molecular formula is C8H20ClP. The van der Waals surface area contributed by atoms with Gasteiger partial charge >= 0.3 is 69.5 Å². The van der Waals surface area contributed by atoms with Gasteiger partial charge in [-0.25, -0.2) is 0 Å². The fourth-order valence-electron chi connectivity index (χ4n) is 0.896. The fraction of sp³-hybridized carbons (Fsp3) is 1.00. The van der Waals surface area contributed by atoms with Gasteiger partial charge in [0.25, 0.3) is 0 Å². The van der Waals surface area contributed by atoms with Crippen LogP contribution in [0.2, 0.25) is 0 Å². The van der Waals surface area contributed by atoms with E-state index in [4.69, 9.17) is 11.2 Å². The van der Waals surface area contributed by atoms with Crippen LogP contribution in [0.1, 0.15) is 26.2 Å². The molecule has 0 radical (unpaired) electrons. The van der Waals surface area contributed by atoms with Gasteiger partial charge in [-0.1, -0.05) is 0 Å². The third-order valence-electron chi connectivity index (χ3n) is 1.52. The number of halogens is 1. The molecule has 0 aliphatic rings. The van der Waals surface area contributed by atoms with Gasteiger partial charge in [-0.15, -0.1) is 0 Å². The zero-order chi connectivity index (χ0) is 8.28. The van der Waals surface area contributed by atoms with Crippen molar-refractivity contribution in [3.8, 4) is 0 Å². The number of unbranched alkanes of at least 4 members (excludes halogenated alkanes) is 2. The number of hydrogen-bond acceptors (Lipinski definition) is 0. The van der Waals surface area contributed by atoms with Crippen LogP contribution in [0.5, 0.6) is 0 Å². The predicted molar refractivity (Wildman–Crippen MR) is 54.9 cm³/mol. The minimum absolute atomic E-state index is 1.24. The van der Waals surface area contributed by atoms with E-state index in [-0.39, 0.29) is 0 Å². The van der Waals surface area contributed by atoms with Gasteiger partial charge in [0.2, 0.25) is 0 Å². The molecule has 0 unspecified atom stereocenters. The molecule has 0 bridgehead atoms. The van der Waals surface area contributed by atoms with Crippen LogP contribution in [0.4, 0.5) is 0 Å². The summed E-state index contributed by atoms with van der Waals surface area (Å²) in [4.78, 5) is 0. The Hall–Kier alpha value is 0.720. The van der Waals surface area contributed by atoms with Gasteiger partial charge in [0.05, 0.1) is 0 Å². The van der Waals surface area contributed by atoms with Crippen LogP contribution >= 0.6 is 17.2 Å². The quantitative estimate of drug-likeness (QED) is 0.459. The molecule has 0 aromatic heterocycles. The third-order valence-corrected chi connectivity index (χ3v) is 3.85.